The molecule has 2 heteroatoms. The van der Waals surface area contributed by atoms with Crippen LogP contribution in [0, 0.1) is 0 Å². The van der Waals surface area contributed by atoms with E-state index in [1.54, 1.807) is 0 Å². The van der Waals surface area contributed by atoms with Crippen LogP contribution in [-0.2, 0) is 19.6 Å². The second-order valence-corrected chi connectivity index (χ2v) is 5.84. The Bertz CT molecular complexity index is 774. The van der Waals surface area contributed by atoms with Gasteiger partial charge in [0.15, 0.2) is 0 Å². The van der Waals surface area contributed by atoms with Crippen molar-refractivity contribution in [2.75, 3.05) is 0 Å². The molecule has 0 atom stereocenters. The summed E-state index contributed by atoms with van der Waals surface area (Å²) in [5.41, 5.74) is 5.72. The minimum Gasteiger partial charge on any atom is -0.489 e. The molecule has 0 bridgehead atoms. The van der Waals surface area contributed by atoms with E-state index in [0.29, 0.717) is 6.61 Å². The van der Waals surface area contributed by atoms with Crippen molar-refractivity contribution >= 4 is 0 Å². The van der Waals surface area contributed by atoms with E-state index < -0.39 is 0 Å². The number of benzene rings is 3. The van der Waals surface area contributed by atoms with E-state index in [1.165, 1.54) is 16.7 Å². The zero-order chi connectivity index (χ0) is 16.8. The molecule has 0 aromatic heterocycles. The first-order valence-electron chi connectivity index (χ1n) is 8.29. The lowest BCUT2D eigenvalue weighted by atomic mass is 10.0. The lowest BCUT2D eigenvalue weighted by Crippen LogP contribution is -1.96. The predicted molar refractivity (Wildman–Crippen MR) is 98.0 cm³/mol. The molecule has 0 amide bonds. The van der Waals surface area contributed by atoms with Gasteiger partial charge in [0.25, 0.3) is 0 Å². The van der Waals surface area contributed by atoms with Crippen molar-refractivity contribution in [3.8, 4) is 16.9 Å². The largest absolute Gasteiger partial charge is 0.489 e. The summed E-state index contributed by atoms with van der Waals surface area (Å²) >= 11 is 0. The number of aryl methyl sites for hydroxylation is 1. The molecule has 3 rings (SSSR count). The first-order valence-corrected chi connectivity index (χ1v) is 8.29. The van der Waals surface area contributed by atoms with E-state index in [4.69, 9.17) is 4.74 Å². The summed E-state index contributed by atoms with van der Waals surface area (Å²) in [6.45, 7) is 2.72. The summed E-state index contributed by atoms with van der Waals surface area (Å²) in [6.07, 6.45) is 1.06. The van der Waals surface area contributed by atoms with Crippen molar-refractivity contribution in [2.24, 2.45) is 0 Å². The van der Waals surface area contributed by atoms with E-state index in [2.05, 4.69) is 43.3 Å². The molecule has 0 saturated heterocycles. The van der Waals surface area contributed by atoms with Gasteiger partial charge in [0.2, 0.25) is 0 Å². The topological polar surface area (TPSA) is 29.5 Å². The lowest BCUT2D eigenvalue weighted by molar-refractivity contribution is 0.280. The summed E-state index contributed by atoms with van der Waals surface area (Å²) in [7, 11) is 0. The molecule has 0 aliphatic heterocycles. The third kappa shape index (κ3) is 4.03. The molecule has 3 aromatic rings. The maximum Gasteiger partial charge on any atom is 0.119 e. The third-order valence-electron chi connectivity index (χ3n) is 4.13. The van der Waals surface area contributed by atoms with Crippen LogP contribution in [0.15, 0.2) is 72.8 Å². The molecule has 0 aliphatic carbocycles. The van der Waals surface area contributed by atoms with Gasteiger partial charge in [0.05, 0.1) is 6.61 Å². The smallest absolute Gasteiger partial charge is 0.119 e. The molecule has 122 valence electrons. The number of hydrogen-bond donors (Lipinski definition) is 1. The van der Waals surface area contributed by atoms with E-state index in [-0.39, 0.29) is 6.61 Å². The Morgan fingerprint density at radius 1 is 0.750 bits per heavy atom. The first-order chi connectivity index (χ1) is 11.8. The van der Waals surface area contributed by atoms with Crippen molar-refractivity contribution in [1.82, 2.24) is 0 Å². The summed E-state index contributed by atoms with van der Waals surface area (Å²) in [6, 6.07) is 24.6. The Morgan fingerprint density at radius 3 is 2.00 bits per heavy atom. The maximum atomic E-state index is 9.18. The molecule has 0 spiro atoms. The molecule has 0 aliphatic rings. The van der Waals surface area contributed by atoms with Crippen LogP contribution in [0.25, 0.3) is 11.1 Å². The van der Waals surface area contributed by atoms with Gasteiger partial charge in [-0.1, -0.05) is 67.6 Å². The summed E-state index contributed by atoms with van der Waals surface area (Å²) in [5, 5.41) is 9.18. The SMILES string of the molecule is CCc1ccc(-c2ccc(OCc3cccc(CO)c3)cc2)cc1. The molecule has 0 radical (unpaired) electrons. The van der Waals surface area contributed by atoms with Crippen LogP contribution in [0.2, 0.25) is 0 Å². The van der Waals surface area contributed by atoms with E-state index in [9.17, 15) is 5.11 Å². The van der Waals surface area contributed by atoms with Crippen molar-refractivity contribution < 1.29 is 9.84 Å². The van der Waals surface area contributed by atoms with Gasteiger partial charge in [-0.05, 0) is 46.4 Å². The Balaban J connectivity index is 1.65. The Kier molecular flexibility index (Phi) is 5.29. The highest BCUT2D eigenvalue weighted by Gasteiger charge is 2.01. The highest BCUT2D eigenvalue weighted by atomic mass is 16.5. The molecular formula is C22H22O2. The molecule has 3 aromatic carbocycles. The quantitative estimate of drug-likeness (QED) is 0.694. The molecule has 0 saturated carbocycles. The van der Waals surface area contributed by atoms with Crippen LogP contribution >= 0.6 is 0 Å². The van der Waals surface area contributed by atoms with Gasteiger partial charge in [0, 0.05) is 0 Å². The number of aliphatic hydroxyl groups excluding tert-OH is 1. The second kappa shape index (κ2) is 7.80. The van der Waals surface area contributed by atoms with Crippen molar-refractivity contribution in [3.05, 3.63) is 89.5 Å². The third-order valence-corrected chi connectivity index (χ3v) is 4.13. The Morgan fingerprint density at radius 2 is 1.38 bits per heavy atom. The Labute approximate surface area is 143 Å². The number of hydrogen-bond acceptors (Lipinski definition) is 2. The highest BCUT2D eigenvalue weighted by molar-refractivity contribution is 5.64. The standard InChI is InChI=1S/C22H22O2/c1-2-17-6-8-20(9-7-17)21-10-12-22(13-11-21)24-16-19-5-3-4-18(14-19)15-23/h3-14,23H,2,15-16H2,1H3. The molecule has 0 unspecified atom stereocenters. The predicted octanol–water partition coefficient (Wildman–Crippen LogP) is 4.99. The monoisotopic (exact) mass is 318 g/mol. The van der Waals surface area contributed by atoms with Crippen molar-refractivity contribution in [1.29, 1.82) is 0 Å². The van der Waals surface area contributed by atoms with Crippen LogP contribution in [0.3, 0.4) is 0 Å². The average Bonchev–Trinajstić information content (AvgIpc) is 2.67. The highest BCUT2D eigenvalue weighted by Crippen LogP contribution is 2.23. The van der Waals surface area contributed by atoms with Crippen LogP contribution in [0.4, 0.5) is 0 Å². The van der Waals surface area contributed by atoms with Crippen LogP contribution in [-0.4, -0.2) is 5.11 Å². The summed E-state index contributed by atoms with van der Waals surface area (Å²) in [5.74, 6) is 0.846. The fourth-order valence-electron chi connectivity index (χ4n) is 2.66. The van der Waals surface area contributed by atoms with Gasteiger partial charge in [-0.2, -0.15) is 0 Å². The summed E-state index contributed by atoms with van der Waals surface area (Å²) in [4.78, 5) is 0. The maximum absolute atomic E-state index is 9.18. The fraction of sp³-hybridized carbons (Fsp3) is 0.182. The lowest BCUT2D eigenvalue weighted by Gasteiger charge is -2.09. The van der Waals surface area contributed by atoms with Crippen LogP contribution in [0.5, 0.6) is 5.75 Å². The number of rotatable bonds is 6. The van der Waals surface area contributed by atoms with Gasteiger partial charge in [0.1, 0.15) is 12.4 Å². The fourth-order valence-corrected chi connectivity index (χ4v) is 2.66. The van der Waals surface area contributed by atoms with E-state index in [0.717, 1.165) is 23.3 Å². The minimum absolute atomic E-state index is 0.0549. The second-order valence-electron chi connectivity index (χ2n) is 5.84. The Hall–Kier alpha value is -2.58. The molecule has 2 nitrogen and oxygen atoms in total. The summed E-state index contributed by atoms with van der Waals surface area (Å²) < 4.78 is 5.84. The number of ether oxygens (including phenoxy) is 1. The molecule has 0 heterocycles. The molecular weight excluding hydrogens is 296 g/mol. The first kappa shape index (κ1) is 16.3. The van der Waals surface area contributed by atoms with Crippen molar-refractivity contribution in [3.63, 3.8) is 0 Å². The van der Waals surface area contributed by atoms with Gasteiger partial charge in [-0.3, -0.25) is 0 Å². The van der Waals surface area contributed by atoms with Gasteiger partial charge in [-0.15, -0.1) is 0 Å². The van der Waals surface area contributed by atoms with Gasteiger partial charge < -0.3 is 9.84 Å². The minimum atomic E-state index is 0.0549. The van der Waals surface area contributed by atoms with Gasteiger partial charge >= 0.3 is 0 Å². The molecule has 0 fully saturated rings. The van der Waals surface area contributed by atoms with Gasteiger partial charge in [-0.25, -0.2) is 0 Å². The molecule has 24 heavy (non-hydrogen) atoms. The van der Waals surface area contributed by atoms with Crippen LogP contribution < -0.4 is 4.74 Å². The normalized spacial score (nSPS) is 10.6. The van der Waals surface area contributed by atoms with Crippen LogP contribution in [0.1, 0.15) is 23.6 Å². The molecule has 1 N–H and O–H groups in total. The van der Waals surface area contributed by atoms with E-state index >= 15 is 0 Å². The zero-order valence-electron chi connectivity index (χ0n) is 13.9. The number of aliphatic hydroxyl groups is 1. The zero-order valence-corrected chi connectivity index (χ0v) is 13.9. The average molecular weight is 318 g/mol. The van der Waals surface area contributed by atoms with Crippen molar-refractivity contribution in [2.45, 2.75) is 26.6 Å². The van der Waals surface area contributed by atoms with E-state index in [1.807, 2.05) is 36.4 Å².